The van der Waals surface area contributed by atoms with E-state index in [2.05, 4.69) is 14.8 Å². The SMILES string of the molecule is O=S(=O)(NC1CCNC1)c1ccc(OC(F)F)c(F)c1. The first-order valence-electron chi connectivity index (χ1n) is 5.86. The van der Waals surface area contributed by atoms with Crippen LogP contribution in [0.2, 0.25) is 0 Å². The predicted molar refractivity (Wildman–Crippen MR) is 64.6 cm³/mol. The molecule has 2 rings (SSSR count). The number of sulfonamides is 1. The van der Waals surface area contributed by atoms with Crippen molar-refractivity contribution < 1.29 is 26.3 Å². The van der Waals surface area contributed by atoms with Gasteiger partial charge in [0.15, 0.2) is 11.6 Å². The van der Waals surface area contributed by atoms with Crippen molar-refractivity contribution in [3.63, 3.8) is 0 Å². The Morgan fingerprint density at radius 2 is 2.15 bits per heavy atom. The van der Waals surface area contributed by atoms with E-state index in [1.54, 1.807) is 0 Å². The van der Waals surface area contributed by atoms with E-state index in [0.717, 1.165) is 12.1 Å². The molecule has 1 aromatic rings. The summed E-state index contributed by atoms with van der Waals surface area (Å²) in [4.78, 5) is -0.330. The second-order valence-electron chi connectivity index (χ2n) is 4.28. The number of ether oxygens (including phenoxy) is 1. The molecule has 1 unspecified atom stereocenters. The number of alkyl halides is 2. The van der Waals surface area contributed by atoms with E-state index in [9.17, 15) is 21.6 Å². The van der Waals surface area contributed by atoms with Crippen LogP contribution < -0.4 is 14.8 Å². The molecule has 0 saturated carbocycles. The van der Waals surface area contributed by atoms with E-state index in [-0.39, 0.29) is 10.9 Å². The van der Waals surface area contributed by atoms with Crippen molar-refractivity contribution in [1.82, 2.24) is 10.0 Å². The first-order chi connectivity index (χ1) is 9.38. The molecule has 20 heavy (non-hydrogen) atoms. The van der Waals surface area contributed by atoms with Crippen LogP contribution in [0.5, 0.6) is 5.75 Å². The molecule has 1 saturated heterocycles. The largest absolute Gasteiger partial charge is 0.432 e. The Morgan fingerprint density at radius 3 is 2.70 bits per heavy atom. The molecule has 0 aromatic heterocycles. The first kappa shape index (κ1) is 15.1. The van der Waals surface area contributed by atoms with Gasteiger partial charge in [-0.25, -0.2) is 17.5 Å². The zero-order chi connectivity index (χ0) is 14.8. The maximum atomic E-state index is 13.5. The number of rotatable bonds is 5. The Balaban J connectivity index is 2.17. The molecule has 1 aliphatic rings. The van der Waals surface area contributed by atoms with Gasteiger partial charge in [0.2, 0.25) is 10.0 Å². The van der Waals surface area contributed by atoms with Crippen LogP contribution >= 0.6 is 0 Å². The van der Waals surface area contributed by atoms with E-state index in [4.69, 9.17) is 0 Å². The van der Waals surface area contributed by atoms with Crippen molar-refractivity contribution in [3.8, 4) is 5.75 Å². The lowest BCUT2D eigenvalue weighted by molar-refractivity contribution is -0.0522. The van der Waals surface area contributed by atoms with Gasteiger partial charge in [-0.3, -0.25) is 0 Å². The third kappa shape index (κ3) is 3.62. The van der Waals surface area contributed by atoms with Crippen LogP contribution in [-0.2, 0) is 10.0 Å². The normalized spacial score (nSPS) is 19.5. The molecule has 1 heterocycles. The minimum Gasteiger partial charge on any atom is -0.432 e. The minimum atomic E-state index is -3.88. The van der Waals surface area contributed by atoms with Crippen molar-refractivity contribution in [1.29, 1.82) is 0 Å². The van der Waals surface area contributed by atoms with E-state index in [1.807, 2.05) is 0 Å². The first-order valence-corrected chi connectivity index (χ1v) is 7.34. The quantitative estimate of drug-likeness (QED) is 0.854. The number of hydrogen-bond acceptors (Lipinski definition) is 4. The lowest BCUT2D eigenvalue weighted by Gasteiger charge is -2.13. The molecule has 5 nitrogen and oxygen atoms in total. The monoisotopic (exact) mass is 310 g/mol. The standard InChI is InChI=1S/C11H13F3N2O3S/c12-9-5-8(1-2-10(9)19-11(13)14)20(17,18)16-7-3-4-15-6-7/h1-2,5,7,11,15-16H,3-4,6H2. The van der Waals surface area contributed by atoms with Crippen molar-refractivity contribution in [2.45, 2.75) is 24.0 Å². The second kappa shape index (κ2) is 5.98. The van der Waals surface area contributed by atoms with Crippen LogP contribution in [0.15, 0.2) is 23.1 Å². The minimum absolute atomic E-state index is 0.264. The Morgan fingerprint density at radius 1 is 1.40 bits per heavy atom. The van der Waals surface area contributed by atoms with Crippen LogP contribution in [0.3, 0.4) is 0 Å². The molecule has 9 heteroatoms. The molecule has 0 aliphatic carbocycles. The highest BCUT2D eigenvalue weighted by Gasteiger charge is 2.24. The summed E-state index contributed by atoms with van der Waals surface area (Å²) >= 11 is 0. The molecule has 0 spiro atoms. The topological polar surface area (TPSA) is 67.4 Å². The third-order valence-corrected chi connectivity index (χ3v) is 4.33. The number of nitrogens with one attached hydrogen (secondary N) is 2. The third-order valence-electron chi connectivity index (χ3n) is 2.81. The lowest BCUT2D eigenvalue weighted by atomic mass is 10.3. The summed E-state index contributed by atoms with van der Waals surface area (Å²) in [7, 11) is -3.88. The number of benzene rings is 1. The summed E-state index contributed by atoms with van der Waals surface area (Å²) in [5.74, 6) is -1.85. The van der Waals surface area contributed by atoms with E-state index in [0.29, 0.717) is 25.6 Å². The average Bonchev–Trinajstić information content (AvgIpc) is 2.83. The number of halogens is 3. The van der Waals surface area contributed by atoms with Crippen molar-refractivity contribution >= 4 is 10.0 Å². The van der Waals surface area contributed by atoms with Gasteiger partial charge in [-0.15, -0.1) is 0 Å². The van der Waals surface area contributed by atoms with E-state index in [1.165, 1.54) is 0 Å². The second-order valence-corrected chi connectivity index (χ2v) is 6.00. The van der Waals surface area contributed by atoms with Gasteiger partial charge >= 0.3 is 6.61 Å². The molecule has 1 fully saturated rings. The van der Waals surface area contributed by atoms with Crippen LogP contribution in [-0.4, -0.2) is 34.2 Å². The predicted octanol–water partition coefficient (Wildman–Crippen LogP) is 1.07. The van der Waals surface area contributed by atoms with Gasteiger partial charge < -0.3 is 10.1 Å². The summed E-state index contributed by atoms with van der Waals surface area (Å²) in [6.45, 7) is -1.98. The van der Waals surface area contributed by atoms with Crippen LogP contribution in [0.25, 0.3) is 0 Å². The van der Waals surface area contributed by atoms with Gasteiger partial charge in [0, 0.05) is 12.6 Å². The Hall–Kier alpha value is -1.32. The summed E-state index contributed by atoms with van der Waals surface area (Å²) < 4.78 is 67.7. The van der Waals surface area contributed by atoms with Crippen LogP contribution in [0, 0.1) is 5.82 Å². The molecular weight excluding hydrogens is 297 g/mol. The molecule has 1 aliphatic heterocycles. The molecular formula is C11H13F3N2O3S. The lowest BCUT2D eigenvalue weighted by Crippen LogP contribution is -2.36. The van der Waals surface area contributed by atoms with Gasteiger partial charge in [0.05, 0.1) is 4.90 Å². The fourth-order valence-electron chi connectivity index (χ4n) is 1.88. The van der Waals surface area contributed by atoms with Gasteiger partial charge in [0.25, 0.3) is 0 Å². The number of hydrogen-bond donors (Lipinski definition) is 2. The zero-order valence-electron chi connectivity index (χ0n) is 10.3. The Bertz CT molecular complexity index is 574. The highest BCUT2D eigenvalue weighted by molar-refractivity contribution is 7.89. The maximum Gasteiger partial charge on any atom is 0.387 e. The summed E-state index contributed by atoms with van der Waals surface area (Å²) in [5.41, 5.74) is 0. The smallest absolute Gasteiger partial charge is 0.387 e. The zero-order valence-corrected chi connectivity index (χ0v) is 11.1. The highest BCUT2D eigenvalue weighted by Crippen LogP contribution is 2.23. The fraction of sp³-hybridized carbons (Fsp3) is 0.455. The average molecular weight is 310 g/mol. The van der Waals surface area contributed by atoms with E-state index < -0.39 is 28.2 Å². The maximum absolute atomic E-state index is 13.5. The molecule has 1 aromatic carbocycles. The molecule has 0 amide bonds. The molecule has 0 radical (unpaired) electrons. The fourth-order valence-corrected chi connectivity index (χ4v) is 3.16. The molecule has 112 valence electrons. The van der Waals surface area contributed by atoms with Crippen LogP contribution in [0.1, 0.15) is 6.42 Å². The molecule has 1 atom stereocenters. The summed E-state index contributed by atoms with van der Waals surface area (Å²) in [5, 5.41) is 2.98. The van der Waals surface area contributed by atoms with Gasteiger partial charge in [-0.05, 0) is 31.2 Å². The summed E-state index contributed by atoms with van der Waals surface area (Å²) in [6, 6.07) is 2.27. The summed E-state index contributed by atoms with van der Waals surface area (Å²) in [6.07, 6.45) is 0.633. The van der Waals surface area contributed by atoms with Gasteiger partial charge in [0.1, 0.15) is 0 Å². The van der Waals surface area contributed by atoms with Gasteiger partial charge in [-0.2, -0.15) is 8.78 Å². The van der Waals surface area contributed by atoms with Crippen molar-refractivity contribution in [3.05, 3.63) is 24.0 Å². The molecule has 0 bridgehead atoms. The Kier molecular flexibility index (Phi) is 4.51. The Labute approximate surface area is 114 Å². The van der Waals surface area contributed by atoms with E-state index >= 15 is 0 Å². The molecule has 2 N–H and O–H groups in total. The van der Waals surface area contributed by atoms with Crippen molar-refractivity contribution in [2.75, 3.05) is 13.1 Å². The van der Waals surface area contributed by atoms with Crippen LogP contribution in [0.4, 0.5) is 13.2 Å². The van der Waals surface area contributed by atoms with Crippen molar-refractivity contribution in [2.24, 2.45) is 0 Å². The highest BCUT2D eigenvalue weighted by atomic mass is 32.2. The van der Waals surface area contributed by atoms with Gasteiger partial charge in [-0.1, -0.05) is 0 Å².